The Kier molecular flexibility index (Phi) is 4.00. The molecular weight excluding hydrogens is 292 g/mol. The minimum absolute atomic E-state index is 0.0932. The van der Waals surface area contributed by atoms with Crippen LogP contribution in [0.25, 0.3) is 0 Å². The lowest BCUT2D eigenvalue weighted by atomic mass is 10.1. The zero-order valence-electron chi connectivity index (χ0n) is 12.7. The average molecular weight is 308 g/mol. The maximum Gasteiger partial charge on any atom is 0.250 e. The number of ether oxygens (including phenoxy) is 2. The van der Waals surface area contributed by atoms with E-state index in [1.54, 1.807) is 13.2 Å². The number of nitrogens with two attached hydrogens (primary N) is 1. The van der Waals surface area contributed by atoms with Gasteiger partial charge in [-0.1, -0.05) is 12.1 Å². The van der Waals surface area contributed by atoms with Gasteiger partial charge in [-0.2, -0.15) is 5.26 Å². The zero-order valence-corrected chi connectivity index (χ0v) is 12.7. The van der Waals surface area contributed by atoms with Crippen molar-refractivity contribution in [2.24, 2.45) is 5.73 Å². The van der Waals surface area contributed by atoms with Crippen LogP contribution in [0.3, 0.4) is 0 Å². The molecule has 116 valence electrons. The third-order valence-corrected chi connectivity index (χ3v) is 4.06. The van der Waals surface area contributed by atoms with Crippen LogP contribution in [0.1, 0.15) is 39.6 Å². The van der Waals surface area contributed by atoms with Crippen LogP contribution in [0.2, 0.25) is 0 Å². The first-order chi connectivity index (χ1) is 11.1. The maximum atomic E-state index is 11.5. The fourth-order valence-electron chi connectivity index (χ4n) is 2.94. The van der Waals surface area contributed by atoms with Crippen molar-refractivity contribution in [3.8, 4) is 17.6 Å². The molecule has 0 bridgehead atoms. The van der Waals surface area contributed by atoms with E-state index in [1.807, 2.05) is 24.3 Å². The number of nitriles is 1. The number of amides is 1. The molecule has 2 N–H and O–H groups in total. The van der Waals surface area contributed by atoms with Gasteiger partial charge in [0.05, 0.1) is 23.3 Å². The smallest absolute Gasteiger partial charge is 0.250 e. The summed E-state index contributed by atoms with van der Waals surface area (Å²) in [7, 11) is 1.70. The van der Waals surface area contributed by atoms with E-state index in [1.165, 1.54) is 12.1 Å². The summed E-state index contributed by atoms with van der Waals surface area (Å²) in [4.78, 5) is 11.5. The Labute approximate surface area is 134 Å². The minimum Gasteiger partial charge on any atom is -0.457 e. The number of hydrogen-bond donors (Lipinski definition) is 1. The molecule has 5 nitrogen and oxygen atoms in total. The highest BCUT2D eigenvalue weighted by atomic mass is 16.5. The van der Waals surface area contributed by atoms with Gasteiger partial charge in [0.15, 0.2) is 0 Å². The van der Waals surface area contributed by atoms with Crippen molar-refractivity contribution in [3.05, 3.63) is 58.7 Å². The predicted molar refractivity (Wildman–Crippen MR) is 84.3 cm³/mol. The Hall–Kier alpha value is -2.84. The van der Waals surface area contributed by atoms with E-state index >= 15 is 0 Å². The molecule has 2 aromatic rings. The lowest BCUT2D eigenvalue weighted by Crippen LogP contribution is -2.12. The molecule has 2 aromatic carbocycles. The molecule has 0 heterocycles. The molecular formula is C18H16N2O3. The summed E-state index contributed by atoms with van der Waals surface area (Å²) in [5.74, 6) is 0.569. The number of carbonyl (C=O) groups is 1. The van der Waals surface area contributed by atoms with E-state index in [0.29, 0.717) is 5.75 Å². The molecule has 1 aliphatic carbocycles. The van der Waals surface area contributed by atoms with E-state index in [2.05, 4.69) is 0 Å². The SMILES string of the molecule is COC1CCc2c(Oc3ccc(C#N)c(C(N)=O)c3)cccc21. The van der Waals surface area contributed by atoms with Gasteiger partial charge in [0, 0.05) is 12.7 Å². The normalized spacial score (nSPS) is 15.7. The first-order valence-corrected chi connectivity index (χ1v) is 7.30. The van der Waals surface area contributed by atoms with Gasteiger partial charge in [-0.3, -0.25) is 4.79 Å². The van der Waals surface area contributed by atoms with Crippen LogP contribution in [0.15, 0.2) is 36.4 Å². The molecule has 0 saturated carbocycles. The Morgan fingerprint density at radius 1 is 1.35 bits per heavy atom. The first-order valence-electron chi connectivity index (χ1n) is 7.30. The molecule has 5 heteroatoms. The van der Waals surface area contributed by atoms with Crippen molar-refractivity contribution in [2.45, 2.75) is 18.9 Å². The minimum atomic E-state index is -0.648. The summed E-state index contributed by atoms with van der Waals surface area (Å²) in [5.41, 5.74) is 7.96. The number of methoxy groups -OCH3 is 1. The molecule has 1 amide bonds. The molecule has 0 fully saturated rings. The molecule has 1 unspecified atom stereocenters. The van der Waals surface area contributed by atoms with Crippen molar-refractivity contribution >= 4 is 5.91 Å². The van der Waals surface area contributed by atoms with Crippen molar-refractivity contribution < 1.29 is 14.3 Å². The number of fused-ring (bicyclic) bond motifs is 1. The summed E-state index contributed by atoms with van der Waals surface area (Å²) >= 11 is 0. The van der Waals surface area contributed by atoms with Crippen LogP contribution in [-0.4, -0.2) is 13.0 Å². The van der Waals surface area contributed by atoms with Gasteiger partial charge in [0.1, 0.15) is 11.5 Å². The van der Waals surface area contributed by atoms with E-state index in [4.69, 9.17) is 20.5 Å². The summed E-state index contributed by atoms with van der Waals surface area (Å²) in [6.45, 7) is 0. The quantitative estimate of drug-likeness (QED) is 0.940. The van der Waals surface area contributed by atoms with Crippen LogP contribution < -0.4 is 10.5 Å². The van der Waals surface area contributed by atoms with Gasteiger partial charge in [0.2, 0.25) is 5.91 Å². The highest BCUT2D eigenvalue weighted by Crippen LogP contribution is 2.40. The van der Waals surface area contributed by atoms with Gasteiger partial charge >= 0.3 is 0 Å². The molecule has 1 aliphatic rings. The van der Waals surface area contributed by atoms with Crippen molar-refractivity contribution in [1.82, 2.24) is 0 Å². The van der Waals surface area contributed by atoms with Gasteiger partial charge in [0.25, 0.3) is 0 Å². The van der Waals surface area contributed by atoms with Gasteiger partial charge in [-0.15, -0.1) is 0 Å². The molecule has 3 rings (SSSR count). The number of nitrogens with zero attached hydrogens (tertiary/aromatic N) is 1. The molecule has 23 heavy (non-hydrogen) atoms. The number of benzene rings is 2. The van der Waals surface area contributed by atoms with Crippen LogP contribution in [0.4, 0.5) is 0 Å². The average Bonchev–Trinajstić information content (AvgIpc) is 2.99. The topological polar surface area (TPSA) is 85.3 Å². The third-order valence-electron chi connectivity index (χ3n) is 4.06. The second kappa shape index (κ2) is 6.11. The lowest BCUT2D eigenvalue weighted by molar-refractivity contribution is 0.0999. The van der Waals surface area contributed by atoms with E-state index < -0.39 is 5.91 Å². The van der Waals surface area contributed by atoms with Gasteiger partial charge in [-0.05, 0) is 42.7 Å². The van der Waals surface area contributed by atoms with E-state index in [-0.39, 0.29) is 17.2 Å². The van der Waals surface area contributed by atoms with Crippen molar-refractivity contribution in [2.75, 3.05) is 7.11 Å². The summed E-state index contributed by atoms with van der Waals surface area (Å²) in [5, 5.41) is 9.02. The second-order valence-electron chi connectivity index (χ2n) is 5.37. The summed E-state index contributed by atoms with van der Waals surface area (Å²) in [6, 6.07) is 12.5. The fraction of sp³-hybridized carbons (Fsp3) is 0.222. The number of primary amides is 1. The summed E-state index contributed by atoms with van der Waals surface area (Å²) < 4.78 is 11.4. The van der Waals surface area contributed by atoms with Gasteiger partial charge in [-0.25, -0.2) is 0 Å². The molecule has 0 spiro atoms. The van der Waals surface area contributed by atoms with Crippen molar-refractivity contribution in [3.63, 3.8) is 0 Å². The lowest BCUT2D eigenvalue weighted by Gasteiger charge is -2.13. The second-order valence-corrected chi connectivity index (χ2v) is 5.37. The van der Waals surface area contributed by atoms with Gasteiger partial charge < -0.3 is 15.2 Å². The third kappa shape index (κ3) is 2.77. The number of hydrogen-bond acceptors (Lipinski definition) is 4. The number of carbonyl (C=O) groups excluding carboxylic acids is 1. The van der Waals surface area contributed by atoms with E-state index in [0.717, 1.165) is 29.7 Å². The Bertz CT molecular complexity index is 808. The largest absolute Gasteiger partial charge is 0.457 e. The highest BCUT2D eigenvalue weighted by molar-refractivity contribution is 5.95. The first kappa shape index (κ1) is 15.1. The van der Waals surface area contributed by atoms with Crippen LogP contribution >= 0.6 is 0 Å². The summed E-state index contributed by atoms with van der Waals surface area (Å²) in [6.07, 6.45) is 1.89. The molecule has 1 atom stereocenters. The van der Waals surface area contributed by atoms with Crippen LogP contribution in [0.5, 0.6) is 11.5 Å². The van der Waals surface area contributed by atoms with Crippen LogP contribution in [0, 0.1) is 11.3 Å². The van der Waals surface area contributed by atoms with Crippen LogP contribution in [-0.2, 0) is 11.2 Å². The molecule has 0 aromatic heterocycles. The Balaban J connectivity index is 1.95. The monoisotopic (exact) mass is 308 g/mol. The molecule has 0 radical (unpaired) electrons. The number of rotatable bonds is 4. The molecule has 0 saturated heterocycles. The fourth-order valence-corrected chi connectivity index (χ4v) is 2.94. The predicted octanol–water partition coefficient (Wildman–Crippen LogP) is 3.08. The molecule has 0 aliphatic heterocycles. The van der Waals surface area contributed by atoms with E-state index in [9.17, 15) is 4.79 Å². The standard InChI is InChI=1S/C18H16N2O3/c1-22-16-8-7-14-13(16)3-2-4-17(14)23-12-6-5-11(10-19)15(9-12)18(20)21/h2-6,9,16H,7-8H2,1H3,(H2,20,21). The zero-order chi connectivity index (χ0) is 16.4. The maximum absolute atomic E-state index is 11.5. The Morgan fingerprint density at radius 3 is 2.87 bits per heavy atom. The Morgan fingerprint density at radius 2 is 2.17 bits per heavy atom. The highest BCUT2D eigenvalue weighted by Gasteiger charge is 2.25. The van der Waals surface area contributed by atoms with Crippen molar-refractivity contribution in [1.29, 1.82) is 5.26 Å².